The molecule has 1 saturated heterocycles. The third kappa shape index (κ3) is 4.25. The number of rotatable bonds is 7. The largest absolute Gasteiger partial charge is 0.342 e. The smallest absolute Gasteiger partial charge is 0.222 e. The Morgan fingerprint density at radius 3 is 2.74 bits per heavy atom. The molecule has 1 atom stereocenters. The molecule has 3 aromatic rings. The van der Waals surface area contributed by atoms with Gasteiger partial charge in [0.25, 0.3) is 0 Å². The average Bonchev–Trinajstić information content (AvgIpc) is 3.29. The van der Waals surface area contributed by atoms with Crippen LogP contribution in [0.5, 0.6) is 0 Å². The summed E-state index contributed by atoms with van der Waals surface area (Å²) in [6.45, 7) is 11.9. The highest BCUT2D eigenvalue weighted by atomic mass is 16.2. The minimum Gasteiger partial charge on any atom is -0.342 e. The number of benzene rings is 1. The molecule has 166 valence electrons. The molecule has 0 aliphatic carbocycles. The number of amides is 1. The molecule has 3 heterocycles. The van der Waals surface area contributed by atoms with Gasteiger partial charge in [-0.05, 0) is 64.2 Å². The van der Waals surface area contributed by atoms with Gasteiger partial charge < -0.3 is 9.47 Å². The monoisotopic (exact) mass is 421 g/mol. The van der Waals surface area contributed by atoms with E-state index in [1.807, 2.05) is 11.6 Å². The molecule has 1 aliphatic rings. The van der Waals surface area contributed by atoms with Crippen molar-refractivity contribution >= 4 is 16.9 Å². The van der Waals surface area contributed by atoms with Crippen molar-refractivity contribution in [2.24, 2.45) is 0 Å². The normalized spacial score (nSPS) is 16.9. The Morgan fingerprint density at radius 2 is 2.00 bits per heavy atom. The predicted octanol–water partition coefficient (Wildman–Crippen LogP) is 4.62. The molecular formula is C25H35N5O. The minimum absolute atomic E-state index is 0.255. The number of piperidine rings is 1. The number of hydrogen-bond donors (Lipinski definition) is 0. The summed E-state index contributed by atoms with van der Waals surface area (Å²) < 4.78 is 4.41. The zero-order chi connectivity index (χ0) is 22.0. The summed E-state index contributed by atoms with van der Waals surface area (Å²) >= 11 is 0. The van der Waals surface area contributed by atoms with E-state index in [1.165, 1.54) is 16.8 Å². The quantitative estimate of drug-likeness (QED) is 0.559. The first kappa shape index (κ1) is 21.6. The molecule has 0 spiro atoms. The summed E-state index contributed by atoms with van der Waals surface area (Å²) in [5.74, 6) is 1.71. The minimum atomic E-state index is 0.255. The zero-order valence-corrected chi connectivity index (χ0v) is 19.4. The average molecular weight is 422 g/mol. The molecule has 4 rings (SSSR count). The van der Waals surface area contributed by atoms with Crippen molar-refractivity contribution in [1.82, 2.24) is 24.2 Å². The number of carbonyl (C=O) groups excluding carboxylic acids is 1. The van der Waals surface area contributed by atoms with Crippen molar-refractivity contribution in [3.05, 3.63) is 47.0 Å². The van der Waals surface area contributed by atoms with Gasteiger partial charge in [0, 0.05) is 44.2 Å². The fourth-order valence-corrected chi connectivity index (χ4v) is 5.07. The van der Waals surface area contributed by atoms with Gasteiger partial charge in [-0.2, -0.15) is 5.10 Å². The van der Waals surface area contributed by atoms with Crippen LogP contribution in [0.2, 0.25) is 0 Å². The second kappa shape index (κ2) is 9.25. The summed E-state index contributed by atoms with van der Waals surface area (Å²) in [5.41, 5.74) is 5.75. The summed E-state index contributed by atoms with van der Waals surface area (Å²) in [5, 5.41) is 4.60. The number of hydrogen-bond acceptors (Lipinski definition) is 3. The molecule has 6 nitrogen and oxygen atoms in total. The molecule has 1 fully saturated rings. The lowest BCUT2D eigenvalue weighted by molar-refractivity contribution is -0.132. The second-order valence-corrected chi connectivity index (χ2v) is 8.75. The van der Waals surface area contributed by atoms with Crippen LogP contribution >= 0.6 is 0 Å². The Kier molecular flexibility index (Phi) is 6.44. The maximum atomic E-state index is 13.1. The molecule has 1 aliphatic heterocycles. The van der Waals surface area contributed by atoms with Crippen LogP contribution in [0.1, 0.15) is 68.2 Å². The molecular weight excluding hydrogens is 386 g/mol. The first-order valence-electron chi connectivity index (χ1n) is 11.8. The Labute approximate surface area is 185 Å². The van der Waals surface area contributed by atoms with Crippen molar-refractivity contribution in [3.8, 4) is 0 Å². The van der Waals surface area contributed by atoms with Crippen molar-refractivity contribution in [1.29, 1.82) is 0 Å². The maximum Gasteiger partial charge on any atom is 0.222 e. The molecule has 1 unspecified atom stereocenters. The third-order valence-corrected chi connectivity index (χ3v) is 6.69. The highest BCUT2D eigenvalue weighted by Crippen LogP contribution is 2.30. The molecule has 1 aromatic carbocycles. The molecule has 0 saturated carbocycles. The van der Waals surface area contributed by atoms with Crippen LogP contribution in [0.15, 0.2) is 24.3 Å². The number of likely N-dealkylation sites (tertiary alicyclic amines) is 1. The summed E-state index contributed by atoms with van der Waals surface area (Å²) in [7, 11) is 0. The molecule has 0 N–H and O–H groups in total. The Hall–Kier alpha value is -2.63. The number of aromatic nitrogens is 4. The lowest BCUT2D eigenvalue weighted by atomic mass is 9.96. The Bertz CT molecular complexity index is 1060. The Morgan fingerprint density at radius 1 is 1.19 bits per heavy atom. The van der Waals surface area contributed by atoms with Crippen molar-refractivity contribution in [2.45, 2.75) is 78.8 Å². The van der Waals surface area contributed by atoms with Crippen LogP contribution in [0.4, 0.5) is 0 Å². The molecule has 1 amide bonds. The van der Waals surface area contributed by atoms with Crippen molar-refractivity contribution < 1.29 is 4.79 Å². The van der Waals surface area contributed by atoms with E-state index < -0.39 is 0 Å². The van der Waals surface area contributed by atoms with E-state index >= 15 is 0 Å². The fourth-order valence-electron chi connectivity index (χ4n) is 5.07. The molecule has 0 bridgehead atoms. The number of aryl methyl sites for hydroxylation is 3. The van der Waals surface area contributed by atoms with Gasteiger partial charge in [-0.3, -0.25) is 9.48 Å². The van der Waals surface area contributed by atoms with Gasteiger partial charge >= 0.3 is 0 Å². The topological polar surface area (TPSA) is 56.0 Å². The number of carbonyl (C=O) groups is 1. The van der Waals surface area contributed by atoms with E-state index in [2.05, 4.69) is 59.6 Å². The number of fused-ring (bicyclic) bond motifs is 1. The van der Waals surface area contributed by atoms with Crippen molar-refractivity contribution in [3.63, 3.8) is 0 Å². The van der Waals surface area contributed by atoms with Gasteiger partial charge in [0.05, 0.1) is 16.7 Å². The first-order valence-corrected chi connectivity index (χ1v) is 11.8. The standard InChI is InChI=1S/C25H35N5O/c1-5-15-29-23-12-8-7-11-22(23)26-25(29)20-10-9-16-28(17-20)24(31)14-13-21-18(3)27-30(6-2)19(21)4/h7-8,11-12,20H,5-6,9-10,13-17H2,1-4H3. The van der Waals surface area contributed by atoms with Gasteiger partial charge in [-0.25, -0.2) is 4.98 Å². The van der Waals surface area contributed by atoms with E-state index in [0.29, 0.717) is 12.3 Å². The summed E-state index contributed by atoms with van der Waals surface area (Å²) in [6.07, 6.45) is 4.53. The summed E-state index contributed by atoms with van der Waals surface area (Å²) in [6, 6.07) is 8.39. The zero-order valence-electron chi connectivity index (χ0n) is 19.4. The number of para-hydroxylation sites is 2. The van der Waals surface area contributed by atoms with E-state index in [1.54, 1.807) is 0 Å². The highest BCUT2D eigenvalue weighted by Gasteiger charge is 2.28. The van der Waals surface area contributed by atoms with E-state index in [9.17, 15) is 4.79 Å². The maximum absolute atomic E-state index is 13.1. The predicted molar refractivity (Wildman–Crippen MR) is 124 cm³/mol. The van der Waals surface area contributed by atoms with E-state index in [-0.39, 0.29) is 5.91 Å². The van der Waals surface area contributed by atoms with Crippen LogP contribution < -0.4 is 0 Å². The number of nitrogens with zero attached hydrogens (tertiary/aromatic N) is 5. The molecule has 2 aromatic heterocycles. The van der Waals surface area contributed by atoms with Gasteiger partial charge in [-0.1, -0.05) is 19.1 Å². The molecule has 6 heteroatoms. The van der Waals surface area contributed by atoms with Crippen LogP contribution in [0.25, 0.3) is 11.0 Å². The SMILES string of the molecule is CCCn1c(C2CCCN(C(=O)CCc3c(C)nn(CC)c3C)C2)nc2ccccc21. The first-order chi connectivity index (χ1) is 15.0. The second-order valence-electron chi connectivity index (χ2n) is 8.75. The fraction of sp³-hybridized carbons (Fsp3) is 0.560. The van der Waals surface area contributed by atoms with Gasteiger partial charge in [0.15, 0.2) is 0 Å². The van der Waals surface area contributed by atoms with Crippen LogP contribution in [0.3, 0.4) is 0 Å². The lowest BCUT2D eigenvalue weighted by Crippen LogP contribution is -2.40. The third-order valence-electron chi connectivity index (χ3n) is 6.69. The van der Waals surface area contributed by atoms with Crippen LogP contribution in [-0.4, -0.2) is 43.2 Å². The lowest BCUT2D eigenvalue weighted by Gasteiger charge is -2.33. The van der Waals surface area contributed by atoms with Gasteiger partial charge in [-0.15, -0.1) is 0 Å². The van der Waals surface area contributed by atoms with E-state index in [0.717, 1.165) is 68.9 Å². The van der Waals surface area contributed by atoms with Crippen molar-refractivity contribution in [2.75, 3.05) is 13.1 Å². The van der Waals surface area contributed by atoms with Gasteiger partial charge in [0.1, 0.15) is 5.82 Å². The Balaban J connectivity index is 1.48. The molecule has 0 radical (unpaired) electrons. The van der Waals surface area contributed by atoms with Crippen LogP contribution in [-0.2, 0) is 24.3 Å². The molecule has 31 heavy (non-hydrogen) atoms. The summed E-state index contributed by atoms with van der Waals surface area (Å²) in [4.78, 5) is 20.2. The van der Waals surface area contributed by atoms with Crippen LogP contribution in [0, 0.1) is 13.8 Å². The highest BCUT2D eigenvalue weighted by molar-refractivity contribution is 5.77. The van der Waals surface area contributed by atoms with E-state index in [4.69, 9.17) is 4.98 Å². The number of imidazole rings is 1. The van der Waals surface area contributed by atoms with Gasteiger partial charge in [0.2, 0.25) is 5.91 Å².